The highest BCUT2D eigenvalue weighted by atomic mass is 35.5. The molecule has 1 aromatic heterocycles. The number of nitrogens with zero attached hydrogens (tertiary/aromatic N) is 4. The van der Waals surface area contributed by atoms with E-state index in [-0.39, 0.29) is 52.4 Å². The summed E-state index contributed by atoms with van der Waals surface area (Å²) in [6.45, 7) is 3.27. The van der Waals surface area contributed by atoms with Crippen LogP contribution < -0.4 is 14.5 Å². The molecule has 15 nitrogen and oxygen atoms in total. The summed E-state index contributed by atoms with van der Waals surface area (Å²) in [4.78, 5) is 63.6. The number of carbonyl (C=O) groups excluding carboxylic acids is 3. The molecule has 2 aromatic carbocycles. The second-order valence-corrected chi connectivity index (χ2v) is 9.53. The lowest BCUT2D eigenvalue weighted by Crippen LogP contribution is -2.29. The molecule has 0 aliphatic heterocycles. The fourth-order valence-corrected chi connectivity index (χ4v) is 4.54. The molecule has 0 unspecified atom stereocenters. The largest absolute Gasteiger partial charge is 0.496 e. The first-order chi connectivity index (χ1) is 22.3. The Morgan fingerprint density at radius 2 is 1.66 bits per heavy atom. The minimum absolute atomic E-state index is 0.0615. The van der Waals surface area contributed by atoms with Gasteiger partial charge in [0, 0.05) is 6.07 Å². The van der Waals surface area contributed by atoms with Gasteiger partial charge in [-0.25, -0.2) is 23.5 Å². The number of ether oxygens (including phenoxy) is 5. The van der Waals surface area contributed by atoms with Crippen LogP contribution in [0.4, 0.5) is 26.0 Å². The van der Waals surface area contributed by atoms with Gasteiger partial charge < -0.3 is 23.7 Å². The minimum Gasteiger partial charge on any atom is -0.496 e. The molecule has 252 valence electrons. The molecule has 0 radical (unpaired) electrons. The van der Waals surface area contributed by atoms with E-state index in [1.165, 1.54) is 33.9 Å². The lowest BCUT2D eigenvalue weighted by Gasteiger charge is -2.24. The summed E-state index contributed by atoms with van der Waals surface area (Å²) in [5, 5.41) is 13.0. The first-order valence-electron chi connectivity index (χ1n) is 13.6. The Kier molecular flexibility index (Phi) is 12.3. The molecule has 3 rings (SSSR count). The third kappa shape index (κ3) is 7.81. The van der Waals surface area contributed by atoms with Crippen LogP contribution in [0.3, 0.4) is 0 Å². The molecule has 1 heterocycles. The van der Waals surface area contributed by atoms with Crippen LogP contribution in [-0.2, 0) is 35.2 Å². The maximum Gasteiger partial charge on any atom is 0.341 e. The molecule has 47 heavy (non-hydrogen) atoms. The van der Waals surface area contributed by atoms with Crippen molar-refractivity contribution in [3.8, 4) is 11.5 Å². The maximum absolute atomic E-state index is 14.7. The van der Waals surface area contributed by atoms with Gasteiger partial charge in [0.2, 0.25) is 11.7 Å². The number of aromatic nitrogens is 2. The summed E-state index contributed by atoms with van der Waals surface area (Å²) in [7, 11) is 3.39. The lowest BCUT2D eigenvalue weighted by atomic mass is 10.0. The average Bonchev–Trinajstić information content (AvgIpc) is 3.02. The molecule has 0 atom stereocenters. The summed E-state index contributed by atoms with van der Waals surface area (Å²) < 4.78 is 54.3. The fourth-order valence-electron chi connectivity index (χ4n) is 4.30. The highest BCUT2D eigenvalue weighted by molar-refractivity contribution is 6.34. The van der Waals surface area contributed by atoms with Gasteiger partial charge in [-0.1, -0.05) is 11.6 Å². The molecule has 0 bridgehead atoms. The van der Waals surface area contributed by atoms with Gasteiger partial charge in [-0.05, 0) is 39.0 Å². The van der Waals surface area contributed by atoms with Crippen molar-refractivity contribution in [2.24, 2.45) is 0 Å². The van der Waals surface area contributed by atoms with E-state index in [0.717, 1.165) is 37.5 Å². The Hall–Kier alpha value is -5.16. The molecule has 0 fully saturated rings. The predicted molar refractivity (Wildman–Crippen MR) is 159 cm³/mol. The number of benzene rings is 2. The Morgan fingerprint density at radius 1 is 1.02 bits per heavy atom. The zero-order valence-corrected chi connectivity index (χ0v) is 26.7. The highest BCUT2D eigenvalue weighted by Gasteiger charge is 2.42. The van der Waals surface area contributed by atoms with Crippen LogP contribution in [0.1, 0.15) is 47.2 Å². The number of esters is 3. The van der Waals surface area contributed by atoms with Gasteiger partial charge in [0.15, 0.2) is 11.6 Å². The van der Waals surface area contributed by atoms with Crippen LogP contribution in [0.15, 0.2) is 24.3 Å². The van der Waals surface area contributed by atoms with Crippen molar-refractivity contribution in [3.63, 3.8) is 0 Å². The second-order valence-electron chi connectivity index (χ2n) is 9.12. The SMILES string of the molecule is CCOC(=O)C(C(=O)OCC)c1nc(C)nc(N(OC)c2cc(OCc3c(OC)ccc(F)c3F)c(C(=O)OC)cc2Cl)c1[N+](=O)[O-]. The number of methoxy groups -OCH3 is 2. The fraction of sp³-hybridized carbons (Fsp3) is 0.345. The van der Waals surface area contributed by atoms with Gasteiger partial charge in [-0.15, -0.1) is 0 Å². The number of halogens is 3. The number of aryl methyl sites for hydroxylation is 1. The monoisotopic (exact) mass is 682 g/mol. The maximum atomic E-state index is 14.7. The quantitative estimate of drug-likeness (QED) is 0.0736. The molecule has 0 saturated heterocycles. The van der Waals surface area contributed by atoms with E-state index in [9.17, 15) is 33.3 Å². The second kappa shape index (κ2) is 15.9. The molecule has 0 saturated carbocycles. The van der Waals surface area contributed by atoms with Crippen molar-refractivity contribution in [1.29, 1.82) is 0 Å². The number of rotatable bonds is 14. The van der Waals surface area contributed by atoms with Crippen LogP contribution in [0.2, 0.25) is 5.02 Å². The Bertz CT molecular complexity index is 1670. The van der Waals surface area contributed by atoms with Crippen LogP contribution >= 0.6 is 11.6 Å². The number of nitro groups is 1. The van der Waals surface area contributed by atoms with Crippen LogP contribution in [-0.4, -0.2) is 67.3 Å². The zero-order valence-electron chi connectivity index (χ0n) is 25.9. The summed E-state index contributed by atoms with van der Waals surface area (Å²) in [5.41, 5.74) is -2.44. The van der Waals surface area contributed by atoms with Crippen molar-refractivity contribution in [2.75, 3.05) is 39.6 Å². The zero-order chi connectivity index (χ0) is 35.0. The van der Waals surface area contributed by atoms with E-state index in [2.05, 4.69) is 9.97 Å². The van der Waals surface area contributed by atoms with Gasteiger partial charge in [-0.3, -0.25) is 24.5 Å². The minimum atomic E-state index is -1.98. The number of hydrogen-bond donors (Lipinski definition) is 0. The summed E-state index contributed by atoms with van der Waals surface area (Å²) >= 11 is 6.52. The van der Waals surface area contributed by atoms with Crippen molar-refractivity contribution in [2.45, 2.75) is 33.3 Å². The Morgan fingerprint density at radius 3 is 2.19 bits per heavy atom. The summed E-state index contributed by atoms with van der Waals surface area (Å²) in [5.74, 6) is -8.84. The van der Waals surface area contributed by atoms with E-state index in [0.29, 0.717) is 0 Å². The smallest absolute Gasteiger partial charge is 0.341 e. The van der Waals surface area contributed by atoms with Crippen molar-refractivity contribution in [3.05, 3.63) is 73.7 Å². The molecule has 0 N–H and O–H groups in total. The molecular weight excluding hydrogens is 654 g/mol. The number of carbonyl (C=O) groups is 3. The molecule has 3 aromatic rings. The van der Waals surface area contributed by atoms with E-state index in [4.69, 9.17) is 40.1 Å². The van der Waals surface area contributed by atoms with Crippen molar-refractivity contribution in [1.82, 2.24) is 9.97 Å². The Labute approximate surface area is 271 Å². The van der Waals surface area contributed by atoms with Crippen molar-refractivity contribution >= 4 is 46.7 Å². The lowest BCUT2D eigenvalue weighted by molar-refractivity contribution is -0.385. The molecule has 0 aliphatic carbocycles. The molecule has 0 spiro atoms. The van der Waals surface area contributed by atoms with E-state index < -0.39 is 64.2 Å². The normalized spacial score (nSPS) is 10.8. The molecular formula is C29H29ClF2N4O11. The van der Waals surface area contributed by atoms with E-state index in [1.807, 2.05) is 0 Å². The standard InChI is InChI=1S/C29H29ClF2N4O11/c1-7-45-28(38)22(29(39)46-8-2)24-25(36(40)41)26(34-14(3)33-24)35(44-6)19-12-21(15(11-17(19)30)27(37)43-5)47-13-16-20(42-4)10-9-18(31)23(16)32/h9-12,22H,7-8,13H2,1-6H3. The van der Waals surface area contributed by atoms with Crippen molar-refractivity contribution < 1.29 is 56.6 Å². The van der Waals surface area contributed by atoms with Gasteiger partial charge in [-0.2, -0.15) is 5.06 Å². The predicted octanol–water partition coefficient (Wildman–Crippen LogP) is 4.91. The first kappa shape index (κ1) is 36.3. The van der Waals surface area contributed by atoms with Crippen LogP contribution in [0, 0.1) is 28.7 Å². The summed E-state index contributed by atoms with van der Waals surface area (Å²) in [6, 6.07) is 4.20. The van der Waals surface area contributed by atoms with Gasteiger partial charge >= 0.3 is 23.6 Å². The van der Waals surface area contributed by atoms with Crippen LogP contribution in [0.25, 0.3) is 0 Å². The van der Waals surface area contributed by atoms with Gasteiger partial charge in [0.25, 0.3) is 0 Å². The number of anilines is 2. The van der Waals surface area contributed by atoms with E-state index in [1.54, 1.807) is 0 Å². The van der Waals surface area contributed by atoms with Gasteiger partial charge in [0.05, 0.1) is 55.7 Å². The third-order valence-electron chi connectivity index (χ3n) is 6.30. The first-order valence-corrected chi connectivity index (χ1v) is 14.0. The molecule has 0 aliphatic rings. The average molecular weight is 683 g/mol. The van der Waals surface area contributed by atoms with Gasteiger partial charge in [0.1, 0.15) is 35.2 Å². The molecule has 0 amide bonds. The summed E-state index contributed by atoms with van der Waals surface area (Å²) in [6.07, 6.45) is 0. The third-order valence-corrected chi connectivity index (χ3v) is 6.60. The van der Waals surface area contributed by atoms with Crippen LogP contribution in [0.5, 0.6) is 11.5 Å². The highest BCUT2D eigenvalue weighted by Crippen LogP contribution is 2.42. The molecule has 18 heteroatoms. The topological polar surface area (TPSA) is 179 Å². The number of hydrogen-bond acceptors (Lipinski definition) is 14. The Balaban J connectivity index is 2.28. The van der Waals surface area contributed by atoms with E-state index >= 15 is 0 Å².